The van der Waals surface area contributed by atoms with Crippen molar-refractivity contribution >= 4 is 5.97 Å². The summed E-state index contributed by atoms with van der Waals surface area (Å²) >= 11 is 0. The van der Waals surface area contributed by atoms with Crippen molar-refractivity contribution in [1.29, 1.82) is 0 Å². The van der Waals surface area contributed by atoms with Crippen LogP contribution in [0.2, 0.25) is 0 Å². The van der Waals surface area contributed by atoms with Crippen LogP contribution in [0.4, 0.5) is 0 Å². The van der Waals surface area contributed by atoms with E-state index in [2.05, 4.69) is 0 Å². The monoisotopic (exact) mass is 282 g/mol. The lowest BCUT2D eigenvalue weighted by molar-refractivity contribution is -0.143. The van der Waals surface area contributed by atoms with Gasteiger partial charge in [-0.2, -0.15) is 0 Å². The fourth-order valence-corrected chi connectivity index (χ4v) is 2.50. The van der Waals surface area contributed by atoms with E-state index in [-0.39, 0.29) is 11.5 Å². The number of carbonyl (C=O) groups excluding carboxylic acids is 1. The van der Waals surface area contributed by atoms with E-state index in [1.165, 1.54) is 18.2 Å². The molecule has 4 heteroatoms. The Labute approximate surface area is 121 Å². The molecule has 2 aromatic rings. The Bertz CT molecular complexity index is 731. The first-order valence-corrected chi connectivity index (χ1v) is 6.53. The molecule has 1 atom stereocenters. The number of phenolic OH excluding ortho intramolecular Hbond substituents is 2. The molecule has 1 aliphatic rings. The van der Waals surface area contributed by atoms with E-state index in [1.54, 1.807) is 12.1 Å². The number of rotatable bonds is 2. The maximum absolute atomic E-state index is 11.6. The maximum atomic E-state index is 11.6. The second kappa shape index (κ2) is 4.66. The predicted octanol–water partition coefficient (Wildman–Crippen LogP) is 2.76. The first-order valence-electron chi connectivity index (χ1n) is 6.53. The second-order valence-electron chi connectivity index (χ2n) is 5.06. The van der Waals surface area contributed by atoms with Gasteiger partial charge in [0.05, 0.1) is 0 Å². The number of hydrogen-bond donors (Lipinski definition) is 2. The van der Waals surface area contributed by atoms with Crippen LogP contribution in [0.5, 0.6) is 11.5 Å². The number of benzene rings is 2. The fourth-order valence-electron chi connectivity index (χ4n) is 2.50. The number of aryl methyl sites for hydroxylation is 1. The fraction of sp³-hybridized carbons (Fsp3) is 0.118. The van der Waals surface area contributed by atoms with Crippen LogP contribution in [0.1, 0.15) is 16.7 Å². The summed E-state index contributed by atoms with van der Waals surface area (Å²) in [6, 6.07) is 11.8. The first kappa shape index (κ1) is 13.2. The molecular formula is C17H14O4. The minimum absolute atomic E-state index is 0.0522. The smallest absolute Gasteiger partial charge is 0.332 e. The lowest BCUT2D eigenvalue weighted by atomic mass is 9.85. The Morgan fingerprint density at radius 3 is 2.33 bits per heavy atom. The second-order valence-corrected chi connectivity index (χ2v) is 5.06. The van der Waals surface area contributed by atoms with Crippen LogP contribution < -0.4 is 0 Å². The molecule has 0 aromatic heterocycles. The largest absolute Gasteiger partial charge is 0.508 e. The van der Waals surface area contributed by atoms with Gasteiger partial charge in [-0.3, -0.25) is 0 Å². The van der Waals surface area contributed by atoms with Crippen LogP contribution in [0.25, 0.3) is 0 Å². The molecule has 2 aromatic carbocycles. The number of ether oxygens (including phenoxy) is 1. The minimum Gasteiger partial charge on any atom is -0.508 e. The van der Waals surface area contributed by atoms with E-state index < -0.39 is 11.6 Å². The SMILES string of the molecule is Cc1ccc(C2(c3ccc(O)cc3O)C=CC(=O)O2)cc1. The molecule has 1 heterocycles. The van der Waals surface area contributed by atoms with Crippen molar-refractivity contribution in [3.8, 4) is 11.5 Å². The van der Waals surface area contributed by atoms with Gasteiger partial charge in [0.2, 0.25) is 0 Å². The summed E-state index contributed by atoms with van der Waals surface area (Å²) in [4.78, 5) is 11.6. The Hall–Kier alpha value is -2.75. The summed E-state index contributed by atoms with van der Waals surface area (Å²) in [5.41, 5.74) is 1.06. The Balaban J connectivity index is 2.21. The molecule has 21 heavy (non-hydrogen) atoms. The van der Waals surface area contributed by atoms with E-state index in [0.717, 1.165) is 11.1 Å². The molecule has 106 valence electrons. The number of esters is 1. The summed E-state index contributed by atoms with van der Waals surface area (Å²) in [5.74, 6) is -0.651. The average Bonchev–Trinajstić information content (AvgIpc) is 2.82. The van der Waals surface area contributed by atoms with Gasteiger partial charge in [0.1, 0.15) is 11.5 Å². The summed E-state index contributed by atoms with van der Waals surface area (Å²) in [5, 5.41) is 19.6. The third-order valence-corrected chi connectivity index (χ3v) is 3.58. The van der Waals surface area contributed by atoms with E-state index in [4.69, 9.17) is 4.74 Å². The molecule has 0 aliphatic carbocycles. The van der Waals surface area contributed by atoms with Crippen molar-refractivity contribution in [2.75, 3.05) is 0 Å². The molecule has 0 fully saturated rings. The van der Waals surface area contributed by atoms with Crippen LogP contribution in [0, 0.1) is 6.92 Å². The summed E-state index contributed by atoms with van der Waals surface area (Å²) in [6.07, 6.45) is 2.96. The molecule has 0 spiro atoms. The quantitative estimate of drug-likeness (QED) is 0.831. The summed E-state index contributed by atoms with van der Waals surface area (Å²) in [7, 11) is 0. The molecule has 3 rings (SSSR count). The Kier molecular flexibility index (Phi) is 2.94. The minimum atomic E-state index is -1.16. The lowest BCUT2D eigenvalue weighted by Gasteiger charge is -2.28. The van der Waals surface area contributed by atoms with Gasteiger partial charge >= 0.3 is 5.97 Å². The van der Waals surface area contributed by atoms with Gasteiger partial charge in [0.15, 0.2) is 5.60 Å². The molecule has 1 unspecified atom stereocenters. The highest BCUT2D eigenvalue weighted by Gasteiger charge is 2.41. The maximum Gasteiger partial charge on any atom is 0.332 e. The van der Waals surface area contributed by atoms with Gasteiger partial charge in [-0.05, 0) is 25.1 Å². The van der Waals surface area contributed by atoms with Crippen molar-refractivity contribution in [2.24, 2.45) is 0 Å². The number of phenols is 2. The van der Waals surface area contributed by atoms with Gasteiger partial charge < -0.3 is 14.9 Å². The zero-order valence-corrected chi connectivity index (χ0v) is 11.4. The highest BCUT2D eigenvalue weighted by atomic mass is 16.6. The van der Waals surface area contributed by atoms with Gasteiger partial charge in [-0.25, -0.2) is 4.79 Å². The molecule has 2 N–H and O–H groups in total. The normalized spacial score (nSPS) is 20.5. The molecular weight excluding hydrogens is 268 g/mol. The van der Waals surface area contributed by atoms with Crippen molar-refractivity contribution in [1.82, 2.24) is 0 Å². The Morgan fingerprint density at radius 1 is 1.05 bits per heavy atom. The van der Waals surface area contributed by atoms with E-state index in [0.29, 0.717) is 5.56 Å². The average molecular weight is 282 g/mol. The number of cyclic esters (lactones) is 1. The molecule has 0 bridgehead atoms. The zero-order valence-electron chi connectivity index (χ0n) is 11.4. The van der Waals surface area contributed by atoms with Crippen LogP contribution in [-0.4, -0.2) is 16.2 Å². The molecule has 4 nitrogen and oxygen atoms in total. The first-order chi connectivity index (χ1) is 10.0. The summed E-state index contributed by atoms with van der Waals surface area (Å²) < 4.78 is 5.49. The van der Waals surface area contributed by atoms with Crippen LogP contribution in [0.3, 0.4) is 0 Å². The van der Waals surface area contributed by atoms with Crippen molar-refractivity contribution in [3.05, 3.63) is 71.3 Å². The van der Waals surface area contributed by atoms with Crippen LogP contribution in [0.15, 0.2) is 54.6 Å². The van der Waals surface area contributed by atoms with Crippen LogP contribution in [-0.2, 0) is 15.1 Å². The van der Waals surface area contributed by atoms with Gasteiger partial charge in [0.25, 0.3) is 0 Å². The van der Waals surface area contributed by atoms with Gasteiger partial charge in [-0.1, -0.05) is 29.8 Å². The molecule has 0 amide bonds. The third-order valence-electron chi connectivity index (χ3n) is 3.58. The number of carbonyl (C=O) groups is 1. The van der Waals surface area contributed by atoms with Crippen molar-refractivity contribution in [2.45, 2.75) is 12.5 Å². The standard InChI is InChI=1S/C17H14O4/c1-11-2-4-12(5-3-11)17(9-8-16(20)21-17)14-7-6-13(18)10-15(14)19/h2-10,18-19H,1H3. The van der Waals surface area contributed by atoms with Crippen molar-refractivity contribution < 1.29 is 19.7 Å². The molecule has 1 aliphatic heterocycles. The van der Waals surface area contributed by atoms with E-state index in [1.807, 2.05) is 31.2 Å². The Morgan fingerprint density at radius 2 is 1.76 bits per heavy atom. The molecule has 0 saturated heterocycles. The highest BCUT2D eigenvalue weighted by Crippen LogP contribution is 2.43. The van der Waals surface area contributed by atoms with E-state index in [9.17, 15) is 15.0 Å². The van der Waals surface area contributed by atoms with Gasteiger partial charge in [0, 0.05) is 23.3 Å². The lowest BCUT2D eigenvalue weighted by Crippen LogP contribution is -2.27. The molecule has 0 radical (unpaired) electrons. The number of aromatic hydroxyl groups is 2. The zero-order chi connectivity index (χ0) is 15.0. The highest BCUT2D eigenvalue weighted by molar-refractivity contribution is 5.86. The third kappa shape index (κ3) is 2.14. The van der Waals surface area contributed by atoms with Crippen molar-refractivity contribution in [3.63, 3.8) is 0 Å². The van der Waals surface area contributed by atoms with Gasteiger partial charge in [-0.15, -0.1) is 0 Å². The molecule has 0 saturated carbocycles. The van der Waals surface area contributed by atoms with Crippen LogP contribution >= 0.6 is 0 Å². The topological polar surface area (TPSA) is 66.8 Å². The summed E-state index contributed by atoms with van der Waals surface area (Å²) in [6.45, 7) is 1.96. The number of hydrogen-bond acceptors (Lipinski definition) is 4. The predicted molar refractivity (Wildman–Crippen MR) is 77.0 cm³/mol. The van der Waals surface area contributed by atoms with E-state index >= 15 is 0 Å².